The topological polar surface area (TPSA) is 91.1 Å². The summed E-state index contributed by atoms with van der Waals surface area (Å²) in [6.45, 7) is 1.46. The van der Waals surface area contributed by atoms with Crippen LogP contribution in [0.4, 0.5) is 5.00 Å². The van der Waals surface area contributed by atoms with E-state index in [1.807, 2.05) is 7.05 Å². The molecule has 8 heteroatoms. The molecule has 0 unspecified atom stereocenters. The van der Waals surface area contributed by atoms with Gasteiger partial charge in [0.15, 0.2) is 5.58 Å². The van der Waals surface area contributed by atoms with Crippen molar-refractivity contribution in [2.75, 3.05) is 32.1 Å². The molecule has 0 saturated carbocycles. The van der Waals surface area contributed by atoms with Gasteiger partial charge in [-0.2, -0.15) is 0 Å². The van der Waals surface area contributed by atoms with Crippen molar-refractivity contribution in [1.29, 1.82) is 0 Å². The van der Waals surface area contributed by atoms with Crippen LogP contribution in [0.5, 0.6) is 0 Å². The van der Waals surface area contributed by atoms with Gasteiger partial charge in [-0.25, -0.2) is 9.59 Å². The van der Waals surface area contributed by atoms with Crippen LogP contribution in [0.25, 0.3) is 10.3 Å². The average molecular weight is 322 g/mol. The lowest BCUT2D eigenvalue weighted by atomic mass is 10.00. The molecule has 1 fully saturated rings. The zero-order chi connectivity index (χ0) is 16.0. The first kappa shape index (κ1) is 14.7. The van der Waals surface area contributed by atoms with Gasteiger partial charge in [0.1, 0.15) is 10.6 Å². The summed E-state index contributed by atoms with van der Waals surface area (Å²) < 4.78 is 5.54. The summed E-state index contributed by atoms with van der Waals surface area (Å²) in [7, 11) is 3.62. The second-order valence-electron chi connectivity index (χ2n) is 5.38. The Morgan fingerprint density at radius 3 is 2.68 bits per heavy atom. The summed E-state index contributed by atoms with van der Waals surface area (Å²) in [6, 6.07) is 2.88. The highest BCUT2D eigenvalue weighted by Gasteiger charge is 2.33. The number of hydrogen-bond acceptors (Lipinski definition) is 6. The molecule has 22 heavy (non-hydrogen) atoms. The molecule has 3 rings (SSSR count). The van der Waals surface area contributed by atoms with Gasteiger partial charge >= 0.3 is 11.6 Å². The molecule has 1 amide bonds. The van der Waals surface area contributed by atoms with E-state index in [1.165, 1.54) is 22.3 Å². The van der Waals surface area contributed by atoms with Gasteiger partial charge in [-0.15, -0.1) is 11.3 Å². The summed E-state index contributed by atoms with van der Waals surface area (Å²) in [5.41, 5.74) is -1.00. The van der Waals surface area contributed by atoms with Gasteiger partial charge in [0.2, 0.25) is 5.91 Å². The molecule has 0 aliphatic carbocycles. The van der Waals surface area contributed by atoms with E-state index in [-0.39, 0.29) is 11.8 Å². The highest BCUT2D eigenvalue weighted by Crippen LogP contribution is 2.33. The van der Waals surface area contributed by atoms with Crippen LogP contribution in [0.3, 0.4) is 0 Å². The molecule has 1 saturated heterocycles. The molecule has 0 bridgehead atoms. The molecule has 3 heterocycles. The fourth-order valence-corrected chi connectivity index (χ4v) is 3.45. The number of hydrogen-bond donors (Lipinski definition) is 1. The van der Waals surface area contributed by atoms with E-state index in [0.717, 1.165) is 13.1 Å². The second-order valence-corrected chi connectivity index (χ2v) is 6.44. The van der Waals surface area contributed by atoms with E-state index in [2.05, 4.69) is 4.90 Å². The predicted octanol–water partition coefficient (Wildman–Crippen LogP) is 1.08. The number of fused-ring (bicyclic) bond motifs is 1. The smallest absolute Gasteiger partial charge is 0.351 e. The van der Waals surface area contributed by atoms with Crippen LogP contribution in [-0.4, -0.2) is 49.1 Å². The molecule has 2 aromatic heterocycles. The fraction of sp³-hybridized carbons (Fsp3) is 0.357. The van der Waals surface area contributed by atoms with Gasteiger partial charge in [0.25, 0.3) is 0 Å². The largest absolute Gasteiger partial charge is 0.477 e. The van der Waals surface area contributed by atoms with Gasteiger partial charge in [-0.05, 0) is 13.1 Å². The Hall–Kier alpha value is -2.19. The molecule has 2 aromatic rings. The molecule has 1 aliphatic rings. The minimum absolute atomic E-state index is 0.00506. The quantitative estimate of drug-likeness (QED) is 0.909. The number of aromatic carboxylic acids is 1. The Balaban J connectivity index is 1.93. The maximum atomic E-state index is 12.3. The molecular weight excluding hydrogens is 308 g/mol. The monoisotopic (exact) mass is 322 g/mol. The number of carbonyl (C=O) groups is 2. The molecule has 0 spiro atoms. The Labute approximate surface area is 129 Å². The van der Waals surface area contributed by atoms with Crippen molar-refractivity contribution in [1.82, 2.24) is 4.90 Å². The number of thiophene rings is 1. The minimum Gasteiger partial charge on any atom is -0.477 e. The SMILES string of the molecule is CN1CC(C(=O)N(C)c2cc3oc(=O)c(C(=O)O)cc3s2)C1. The number of rotatable bonds is 3. The summed E-state index contributed by atoms with van der Waals surface area (Å²) in [6.07, 6.45) is 0. The number of carbonyl (C=O) groups excluding carboxylic acids is 1. The lowest BCUT2D eigenvalue weighted by Crippen LogP contribution is -2.52. The number of carboxylic acids is 1. The fourth-order valence-electron chi connectivity index (χ4n) is 2.45. The Morgan fingerprint density at radius 2 is 2.09 bits per heavy atom. The van der Waals surface area contributed by atoms with Crippen molar-refractivity contribution in [3.63, 3.8) is 0 Å². The maximum Gasteiger partial charge on any atom is 0.351 e. The zero-order valence-corrected chi connectivity index (χ0v) is 12.8. The van der Waals surface area contributed by atoms with E-state index < -0.39 is 17.2 Å². The Kier molecular flexibility index (Phi) is 3.50. The van der Waals surface area contributed by atoms with Gasteiger partial charge in [0.05, 0.1) is 10.6 Å². The van der Waals surface area contributed by atoms with Crippen molar-refractivity contribution < 1.29 is 19.1 Å². The van der Waals surface area contributed by atoms with Crippen LogP contribution in [0, 0.1) is 5.92 Å². The van der Waals surface area contributed by atoms with E-state index >= 15 is 0 Å². The van der Waals surface area contributed by atoms with Crippen molar-refractivity contribution in [3.05, 3.63) is 28.1 Å². The third-order valence-electron chi connectivity index (χ3n) is 3.71. The lowest BCUT2D eigenvalue weighted by Gasteiger charge is -2.36. The summed E-state index contributed by atoms with van der Waals surface area (Å²) in [4.78, 5) is 38.4. The molecule has 0 atom stereocenters. The van der Waals surface area contributed by atoms with E-state index in [9.17, 15) is 14.4 Å². The van der Waals surface area contributed by atoms with Crippen molar-refractivity contribution in [2.45, 2.75) is 0 Å². The first-order chi connectivity index (χ1) is 10.4. The number of carboxylic acid groups (broad SMARTS) is 1. The Bertz CT molecular complexity index is 818. The Morgan fingerprint density at radius 1 is 1.41 bits per heavy atom. The van der Waals surface area contributed by atoms with Gasteiger partial charge < -0.3 is 19.3 Å². The van der Waals surface area contributed by atoms with E-state index in [1.54, 1.807) is 13.1 Å². The predicted molar refractivity (Wildman–Crippen MR) is 81.7 cm³/mol. The van der Waals surface area contributed by atoms with Crippen LogP contribution in [0.1, 0.15) is 10.4 Å². The number of likely N-dealkylation sites (tertiary alicyclic amines) is 1. The molecule has 1 N–H and O–H groups in total. The van der Waals surface area contributed by atoms with Gasteiger partial charge in [0, 0.05) is 26.2 Å². The van der Waals surface area contributed by atoms with Crippen LogP contribution < -0.4 is 10.5 Å². The number of anilines is 1. The highest BCUT2D eigenvalue weighted by atomic mass is 32.1. The van der Waals surface area contributed by atoms with Gasteiger partial charge in [-0.3, -0.25) is 4.79 Å². The second kappa shape index (κ2) is 5.22. The average Bonchev–Trinajstić information content (AvgIpc) is 2.83. The standard InChI is InChI=1S/C14H14N2O5S/c1-15-5-7(6-15)12(17)16(2)11-4-9-10(22-11)3-8(13(18)19)14(20)21-9/h3-4,7H,5-6H2,1-2H3,(H,18,19). The van der Waals surface area contributed by atoms with Crippen LogP contribution >= 0.6 is 11.3 Å². The summed E-state index contributed by atoms with van der Waals surface area (Å²) in [5, 5.41) is 9.57. The maximum absolute atomic E-state index is 12.3. The molecule has 1 aliphatic heterocycles. The first-order valence-electron chi connectivity index (χ1n) is 6.64. The van der Waals surface area contributed by atoms with Crippen LogP contribution in [0.2, 0.25) is 0 Å². The first-order valence-corrected chi connectivity index (χ1v) is 7.45. The normalized spacial score (nSPS) is 15.7. The van der Waals surface area contributed by atoms with Gasteiger partial charge in [-0.1, -0.05) is 0 Å². The van der Waals surface area contributed by atoms with Crippen molar-refractivity contribution in [3.8, 4) is 0 Å². The zero-order valence-electron chi connectivity index (χ0n) is 12.0. The molecule has 0 radical (unpaired) electrons. The van der Waals surface area contributed by atoms with Crippen molar-refractivity contribution in [2.24, 2.45) is 5.92 Å². The number of amides is 1. The van der Waals surface area contributed by atoms with Crippen LogP contribution in [0.15, 0.2) is 21.3 Å². The lowest BCUT2D eigenvalue weighted by molar-refractivity contribution is -0.126. The molecule has 7 nitrogen and oxygen atoms in total. The minimum atomic E-state index is -1.33. The van der Waals surface area contributed by atoms with Crippen molar-refractivity contribution >= 4 is 38.5 Å². The molecule has 116 valence electrons. The van der Waals surface area contributed by atoms with Crippen LogP contribution in [-0.2, 0) is 4.79 Å². The summed E-state index contributed by atoms with van der Waals surface area (Å²) in [5.74, 6) is -1.35. The summed E-state index contributed by atoms with van der Waals surface area (Å²) >= 11 is 1.22. The van der Waals surface area contributed by atoms with E-state index in [4.69, 9.17) is 9.52 Å². The third kappa shape index (κ3) is 2.40. The molecule has 0 aromatic carbocycles. The number of nitrogens with zero attached hydrogens (tertiary/aromatic N) is 2. The molecular formula is C14H14N2O5S. The van der Waals surface area contributed by atoms with E-state index in [0.29, 0.717) is 15.3 Å². The highest BCUT2D eigenvalue weighted by molar-refractivity contribution is 7.22. The third-order valence-corrected chi connectivity index (χ3v) is 4.85.